The van der Waals surface area contributed by atoms with Gasteiger partial charge in [0.15, 0.2) is 5.71 Å². The maximum absolute atomic E-state index is 13.2. The first-order valence-corrected chi connectivity index (χ1v) is 10.3. The third-order valence-corrected chi connectivity index (χ3v) is 5.19. The highest BCUT2D eigenvalue weighted by molar-refractivity contribution is 6.54. The van der Waals surface area contributed by atoms with Crippen LogP contribution in [-0.4, -0.2) is 48.2 Å². The molecule has 1 amide bonds. The van der Waals surface area contributed by atoms with E-state index in [4.69, 9.17) is 14.6 Å². The van der Waals surface area contributed by atoms with Crippen molar-refractivity contribution in [2.45, 2.75) is 25.9 Å². The van der Waals surface area contributed by atoms with Gasteiger partial charge in [-0.05, 0) is 24.6 Å². The molecular formula is C23H25FN4O3. The topological polar surface area (TPSA) is 69.0 Å². The molecule has 1 aliphatic heterocycles. The van der Waals surface area contributed by atoms with Gasteiger partial charge in [0.25, 0.3) is 5.91 Å². The van der Waals surface area contributed by atoms with Crippen LogP contribution in [0.3, 0.4) is 0 Å². The predicted molar refractivity (Wildman–Crippen MR) is 117 cm³/mol. The molecule has 4 rings (SSSR count). The molecule has 1 aliphatic rings. The molecule has 31 heavy (non-hydrogen) atoms. The molecule has 0 saturated heterocycles. The van der Waals surface area contributed by atoms with Crippen LogP contribution in [0.4, 0.5) is 10.1 Å². The Hall–Kier alpha value is -3.26. The van der Waals surface area contributed by atoms with Crippen LogP contribution in [-0.2, 0) is 27.5 Å². The second-order valence-electron chi connectivity index (χ2n) is 7.24. The third-order valence-electron chi connectivity index (χ3n) is 5.19. The van der Waals surface area contributed by atoms with Crippen molar-refractivity contribution in [1.29, 1.82) is 0 Å². The van der Waals surface area contributed by atoms with Gasteiger partial charge in [0.2, 0.25) is 0 Å². The van der Waals surface area contributed by atoms with Gasteiger partial charge in [0, 0.05) is 32.2 Å². The zero-order valence-corrected chi connectivity index (χ0v) is 17.5. The molecule has 0 bridgehead atoms. The maximum atomic E-state index is 13.2. The number of carbonyl (C=O) groups excluding carboxylic acids is 1. The van der Waals surface area contributed by atoms with E-state index in [1.807, 2.05) is 48.5 Å². The number of hydrogen-bond donors (Lipinski definition) is 0. The number of hydrogen-bond acceptors (Lipinski definition) is 5. The van der Waals surface area contributed by atoms with E-state index in [1.165, 1.54) is 0 Å². The van der Waals surface area contributed by atoms with Crippen LogP contribution < -0.4 is 4.90 Å². The van der Waals surface area contributed by atoms with Crippen LogP contribution in [0, 0.1) is 0 Å². The Bertz CT molecular complexity index is 1100. The molecule has 162 valence electrons. The lowest BCUT2D eigenvalue weighted by molar-refractivity contribution is -0.112. The number of oxime groups is 1. The quantitative estimate of drug-likeness (QED) is 0.368. The second kappa shape index (κ2) is 9.70. The van der Waals surface area contributed by atoms with Gasteiger partial charge < -0.3 is 14.1 Å². The van der Waals surface area contributed by atoms with E-state index in [2.05, 4.69) is 9.72 Å². The second-order valence-corrected chi connectivity index (χ2v) is 7.24. The van der Waals surface area contributed by atoms with Crippen LogP contribution in [0.1, 0.15) is 24.2 Å². The number of fused-ring (bicyclic) bond motifs is 2. The summed E-state index contributed by atoms with van der Waals surface area (Å²) in [7, 11) is 1.68. The number of carbonyl (C=O) groups is 1. The standard InChI is InChI=1S/C23H25FN4O3/c1-30-14-7-13-27-20-11-5-3-9-18(20)25-21(27)16-28-19-10-4-2-8-17(19)22(23(28)29)26-31-15-6-12-24/h2-5,8-11H,6-7,12-16H2,1H3/b26-22+. The fourth-order valence-corrected chi connectivity index (χ4v) is 3.74. The lowest BCUT2D eigenvalue weighted by Crippen LogP contribution is -2.31. The number of anilines is 1. The first-order valence-electron chi connectivity index (χ1n) is 10.3. The highest BCUT2D eigenvalue weighted by atomic mass is 19.1. The minimum Gasteiger partial charge on any atom is -0.395 e. The third kappa shape index (κ3) is 4.29. The number of amides is 1. The number of para-hydroxylation sites is 3. The van der Waals surface area contributed by atoms with Gasteiger partial charge in [-0.1, -0.05) is 35.5 Å². The van der Waals surface area contributed by atoms with Gasteiger partial charge in [-0.15, -0.1) is 0 Å². The zero-order chi connectivity index (χ0) is 21.6. The summed E-state index contributed by atoms with van der Waals surface area (Å²) in [6.45, 7) is 1.33. The minimum absolute atomic E-state index is 0.130. The van der Waals surface area contributed by atoms with Crippen LogP contribution in [0.5, 0.6) is 0 Å². The van der Waals surface area contributed by atoms with Gasteiger partial charge in [-0.25, -0.2) is 4.98 Å². The summed E-state index contributed by atoms with van der Waals surface area (Å²) in [6.07, 6.45) is 1.07. The van der Waals surface area contributed by atoms with E-state index >= 15 is 0 Å². The van der Waals surface area contributed by atoms with E-state index in [0.29, 0.717) is 18.7 Å². The van der Waals surface area contributed by atoms with Crippen LogP contribution >= 0.6 is 0 Å². The Morgan fingerprint density at radius 2 is 1.87 bits per heavy atom. The Labute approximate surface area is 180 Å². The van der Waals surface area contributed by atoms with Crippen molar-refractivity contribution in [2.75, 3.05) is 31.9 Å². The number of benzene rings is 2. The lowest BCUT2D eigenvalue weighted by Gasteiger charge is -2.17. The van der Waals surface area contributed by atoms with E-state index in [-0.39, 0.29) is 24.6 Å². The summed E-state index contributed by atoms with van der Waals surface area (Å²) >= 11 is 0. The van der Waals surface area contributed by atoms with Gasteiger partial charge in [-0.3, -0.25) is 14.1 Å². The van der Waals surface area contributed by atoms with Crippen molar-refractivity contribution < 1.29 is 18.8 Å². The molecule has 3 aromatic rings. The van der Waals surface area contributed by atoms with Crippen LogP contribution in [0.25, 0.3) is 11.0 Å². The molecule has 0 saturated carbocycles. The van der Waals surface area contributed by atoms with Gasteiger partial charge in [0.1, 0.15) is 12.4 Å². The molecule has 0 unspecified atom stereocenters. The average Bonchev–Trinajstić information content (AvgIpc) is 3.27. The molecule has 0 radical (unpaired) electrons. The smallest absolute Gasteiger partial charge is 0.281 e. The summed E-state index contributed by atoms with van der Waals surface area (Å²) in [5, 5.41) is 4.02. The Morgan fingerprint density at radius 3 is 2.71 bits per heavy atom. The van der Waals surface area contributed by atoms with E-state index in [0.717, 1.165) is 35.5 Å². The van der Waals surface area contributed by atoms with E-state index < -0.39 is 6.67 Å². The number of ether oxygens (including phenoxy) is 1. The van der Waals surface area contributed by atoms with E-state index in [1.54, 1.807) is 12.0 Å². The fourth-order valence-electron chi connectivity index (χ4n) is 3.74. The molecule has 2 heterocycles. The summed E-state index contributed by atoms with van der Waals surface area (Å²) < 4.78 is 19.7. The van der Waals surface area contributed by atoms with Gasteiger partial charge >= 0.3 is 0 Å². The van der Waals surface area contributed by atoms with Crippen molar-refractivity contribution >= 4 is 28.3 Å². The van der Waals surface area contributed by atoms with Crippen LogP contribution in [0.15, 0.2) is 53.7 Å². The molecule has 2 aromatic carbocycles. The number of imidazole rings is 1. The van der Waals surface area contributed by atoms with Gasteiger partial charge in [-0.2, -0.15) is 0 Å². The van der Waals surface area contributed by atoms with Crippen molar-refractivity contribution in [3.63, 3.8) is 0 Å². The summed E-state index contributed by atoms with van der Waals surface area (Å²) in [5.41, 5.74) is 3.61. The van der Waals surface area contributed by atoms with E-state index in [9.17, 15) is 9.18 Å². The Kier molecular flexibility index (Phi) is 6.57. The van der Waals surface area contributed by atoms with Crippen molar-refractivity contribution in [2.24, 2.45) is 5.16 Å². The van der Waals surface area contributed by atoms with Crippen molar-refractivity contribution in [1.82, 2.24) is 9.55 Å². The molecule has 0 atom stereocenters. The predicted octanol–water partition coefficient (Wildman–Crippen LogP) is 3.70. The summed E-state index contributed by atoms with van der Waals surface area (Å²) in [6, 6.07) is 15.4. The molecule has 0 N–H and O–H groups in total. The zero-order valence-electron chi connectivity index (χ0n) is 17.5. The highest BCUT2D eigenvalue weighted by Gasteiger charge is 2.35. The van der Waals surface area contributed by atoms with Crippen molar-refractivity contribution in [3.05, 3.63) is 59.9 Å². The normalized spacial score (nSPS) is 14.6. The SMILES string of the molecule is COCCCn1c(CN2C(=O)/C(=N/OCCCF)c3ccccc32)nc2ccccc21. The number of halogens is 1. The molecule has 0 fully saturated rings. The van der Waals surface area contributed by atoms with Crippen molar-refractivity contribution in [3.8, 4) is 0 Å². The largest absolute Gasteiger partial charge is 0.395 e. The summed E-state index contributed by atoms with van der Waals surface area (Å²) in [5.74, 6) is 0.539. The number of nitrogens with zero attached hydrogens (tertiary/aromatic N) is 4. The minimum atomic E-state index is -0.485. The molecular weight excluding hydrogens is 399 g/mol. The monoisotopic (exact) mass is 424 g/mol. The lowest BCUT2D eigenvalue weighted by atomic mass is 10.1. The number of alkyl halides is 1. The number of aryl methyl sites for hydroxylation is 1. The first-order chi connectivity index (χ1) is 15.2. The summed E-state index contributed by atoms with van der Waals surface area (Å²) in [4.78, 5) is 24.8. The first kappa shape index (κ1) is 21.0. The van der Waals surface area contributed by atoms with Gasteiger partial charge in [0.05, 0.1) is 29.9 Å². The Balaban J connectivity index is 1.65. The molecule has 7 nitrogen and oxygen atoms in total. The number of rotatable bonds is 10. The molecule has 8 heteroatoms. The number of aromatic nitrogens is 2. The van der Waals surface area contributed by atoms with Crippen LogP contribution in [0.2, 0.25) is 0 Å². The molecule has 0 spiro atoms. The maximum Gasteiger partial charge on any atom is 0.281 e. The average molecular weight is 424 g/mol. The molecule has 1 aromatic heterocycles. The highest BCUT2D eigenvalue weighted by Crippen LogP contribution is 2.31. The fraction of sp³-hybridized carbons (Fsp3) is 0.348. The Morgan fingerprint density at radius 1 is 1.06 bits per heavy atom. The molecule has 0 aliphatic carbocycles. The number of methoxy groups -OCH3 is 1.